The molecule has 24 heavy (non-hydrogen) atoms. The number of aromatic nitrogens is 2. The summed E-state index contributed by atoms with van der Waals surface area (Å²) in [4.78, 5) is 18.1. The van der Waals surface area contributed by atoms with Crippen molar-refractivity contribution in [3.63, 3.8) is 0 Å². The molecular formula is C16H29IN6O. The van der Waals surface area contributed by atoms with Crippen molar-refractivity contribution in [2.75, 3.05) is 33.7 Å². The summed E-state index contributed by atoms with van der Waals surface area (Å²) < 4.78 is 1.94. The van der Waals surface area contributed by atoms with Crippen molar-refractivity contribution in [3.8, 4) is 0 Å². The zero-order chi connectivity index (χ0) is 16.5. The zero-order valence-electron chi connectivity index (χ0n) is 14.6. The quantitative estimate of drug-likeness (QED) is 0.298. The third-order valence-electron chi connectivity index (χ3n) is 4.29. The van der Waals surface area contributed by atoms with Gasteiger partial charge in [0.1, 0.15) is 0 Å². The normalized spacial score (nSPS) is 15.8. The summed E-state index contributed by atoms with van der Waals surface area (Å²) in [6, 6.07) is 1.94. The Hall–Kier alpha value is -1.32. The van der Waals surface area contributed by atoms with Gasteiger partial charge in [-0.05, 0) is 31.2 Å². The van der Waals surface area contributed by atoms with Gasteiger partial charge in [0.05, 0.1) is 0 Å². The number of rotatable bonds is 6. The second-order valence-electron chi connectivity index (χ2n) is 5.90. The summed E-state index contributed by atoms with van der Waals surface area (Å²) in [7, 11) is 3.53. The van der Waals surface area contributed by atoms with Gasteiger partial charge in [0.25, 0.3) is 0 Å². The molecule has 0 saturated carbocycles. The van der Waals surface area contributed by atoms with Crippen molar-refractivity contribution in [3.05, 3.63) is 18.5 Å². The molecule has 2 heterocycles. The van der Waals surface area contributed by atoms with E-state index in [4.69, 9.17) is 0 Å². The van der Waals surface area contributed by atoms with Gasteiger partial charge in [-0.3, -0.25) is 14.5 Å². The summed E-state index contributed by atoms with van der Waals surface area (Å²) in [5.74, 6) is 1.59. The molecular weight excluding hydrogens is 419 g/mol. The second kappa shape index (κ2) is 11.3. The molecule has 2 N–H and O–H groups in total. The van der Waals surface area contributed by atoms with E-state index in [-0.39, 0.29) is 29.9 Å². The highest BCUT2D eigenvalue weighted by Gasteiger charge is 2.22. The van der Waals surface area contributed by atoms with Crippen LogP contribution in [-0.4, -0.2) is 60.3 Å². The highest BCUT2D eigenvalue weighted by molar-refractivity contribution is 14.0. The number of aliphatic imine (C=N–C) groups is 1. The van der Waals surface area contributed by atoms with Crippen molar-refractivity contribution in [1.29, 1.82) is 0 Å². The molecule has 0 atom stereocenters. The predicted octanol–water partition coefficient (Wildman–Crippen LogP) is 1.31. The number of guanidine groups is 1. The lowest BCUT2D eigenvalue weighted by atomic mass is 9.93. The summed E-state index contributed by atoms with van der Waals surface area (Å²) in [6.45, 7) is 3.71. The van der Waals surface area contributed by atoms with E-state index >= 15 is 0 Å². The topological polar surface area (TPSA) is 74.5 Å². The van der Waals surface area contributed by atoms with Crippen LogP contribution in [0.15, 0.2) is 23.5 Å². The van der Waals surface area contributed by atoms with E-state index in [0.29, 0.717) is 12.3 Å². The molecule has 0 spiro atoms. The first-order chi connectivity index (χ1) is 11.2. The zero-order valence-corrected chi connectivity index (χ0v) is 16.9. The van der Waals surface area contributed by atoms with E-state index in [1.165, 1.54) is 0 Å². The Morgan fingerprint density at radius 3 is 2.71 bits per heavy atom. The number of piperidine rings is 1. The van der Waals surface area contributed by atoms with Crippen molar-refractivity contribution < 1.29 is 4.79 Å². The summed E-state index contributed by atoms with van der Waals surface area (Å²) in [5.41, 5.74) is 0. The highest BCUT2D eigenvalue weighted by atomic mass is 127. The first kappa shape index (κ1) is 20.7. The van der Waals surface area contributed by atoms with Gasteiger partial charge in [-0.1, -0.05) is 0 Å². The van der Waals surface area contributed by atoms with Gasteiger partial charge in [-0.15, -0.1) is 24.0 Å². The van der Waals surface area contributed by atoms with E-state index < -0.39 is 0 Å². The Bertz CT molecular complexity index is 497. The van der Waals surface area contributed by atoms with Gasteiger partial charge in [0.15, 0.2) is 5.96 Å². The molecule has 1 aliphatic rings. The van der Waals surface area contributed by atoms with Crippen molar-refractivity contribution in [2.45, 2.75) is 32.2 Å². The monoisotopic (exact) mass is 448 g/mol. The van der Waals surface area contributed by atoms with Gasteiger partial charge in [-0.25, -0.2) is 0 Å². The number of likely N-dealkylation sites (tertiary alicyclic amines) is 1. The minimum atomic E-state index is 0. The number of carbonyl (C=O) groups is 1. The molecule has 1 amide bonds. The standard InChI is InChI=1S/C16H28N6O.HI/c1-17-15(23)13-14-5-11-21(12-6-14)16(18-2)19-7-3-9-22-10-4-8-20-22;/h4,8,10,14H,3,5-7,9,11-13H2,1-2H3,(H,17,23)(H,18,19);1H. The Labute approximate surface area is 161 Å². The fourth-order valence-corrected chi connectivity index (χ4v) is 2.92. The van der Waals surface area contributed by atoms with Crippen LogP contribution in [0, 0.1) is 5.92 Å². The van der Waals surface area contributed by atoms with Crippen molar-refractivity contribution >= 4 is 35.8 Å². The van der Waals surface area contributed by atoms with Crippen LogP contribution in [0.3, 0.4) is 0 Å². The van der Waals surface area contributed by atoms with Crippen LogP contribution in [0.1, 0.15) is 25.7 Å². The number of hydrogen-bond acceptors (Lipinski definition) is 3. The molecule has 1 aliphatic heterocycles. The van der Waals surface area contributed by atoms with Crippen LogP contribution in [0.25, 0.3) is 0 Å². The van der Waals surface area contributed by atoms with Gasteiger partial charge in [-0.2, -0.15) is 5.10 Å². The van der Waals surface area contributed by atoms with E-state index in [0.717, 1.165) is 51.4 Å². The number of carbonyl (C=O) groups excluding carboxylic acids is 1. The van der Waals surface area contributed by atoms with Crippen LogP contribution < -0.4 is 10.6 Å². The molecule has 0 bridgehead atoms. The third-order valence-corrected chi connectivity index (χ3v) is 4.29. The lowest BCUT2D eigenvalue weighted by Gasteiger charge is -2.34. The fraction of sp³-hybridized carbons (Fsp3) is 0.688. The molecule has 7 nitrogen and oxygen atoms in total. The average molecular weight is 448 g/mol. The Kier molecular flexibility index (Phi) is 9.73. The first-order valence-corrected chi connectivity index (χ1v) is 8.36. The minimum Gasteiger partial charge on any atom is -0.359 e. The third kappa shape index (κ3) is 6.66. The number of hydrogen-bond donors (Lipinski definition) is 2. The molecule has 0 radical (unpaired) electrons. The minimum absolute atomic E-state index is 0. The summed E-state index contributed by atoms with van der Waals surface area (Å²) in [5, 5.41) is 10.3. The van der Waals surface area contributed by atoms with Crippen molar-refractivity contribution in [1.82, 2.24) is 25.3 Å². The number of amides is 1. The second-order valence-corrected chi connectivity index (χ2v) is 5.90. The molecule has 1 aromatic rings. The summed E-state index contributed by atoms with van der Waals surface area (Å²) in [6.07, 6.45) is 7.51. The molecule has 2 rings (SSSR count). The van der Waals surface area contributed by atoms with E-state index in [1.807, 2.05) is 24.0 Å². The van der Waals surface area contributed by atoms with E-state index in [2.05, 4.69) is 25.6 Å². The molecule has 0 aliphatic carbocycles. The number of nitrogens with zero attached hydrogens (tertiary/aromatic N) is 4. The maximum Gasteiger partial charge on any atom is 0.220 e. The molecule has 0 unspecified atom stereocenters. The van der Waals surface area contributed by atoms with Gasteiger partial charge < -0.3 is 15.5 Å². The Morgan fingerprint density at radius 2 is 2.12 bits per heavy atom. The van der Waals surface area contributed by atoms with E-state index in [9.17, 15) is 4.79 Å². The lowest BCUT2D eigenvalue weighted by Crippen LogP contribution is -2.46. The number of halogens is 1. The molecule has 0 aromatic carbocycles. The van der Waals surface area contributed by atoms with Crippen LogP contribution >= 0.6 is 24.0 Å². The van der Waals surface area contributed by atoms with Crippen molar-refractivity contribution in [2.24, 2.45) is 10.9 Å². The maximum atomic E-state index is 11.5. The van der Waals surface area contributed by atoms with Crippen LogP contribution in [-0.2, 0) is 11.3 Å². The number of aryl methyl sites for hydroxylation is 1. The van der Waals surface area contributed by atoms with Gasteiger partial charge >= 0.3 is 0 Å². The average Bonchev–Trinajstić information content (AvgIpc) is 3.09. The van der Waals surface area contributed by atoms with E-state index in [1.54, 1.807) is 13.2 Å². The van der Waals surface area contributed by atoms with Crippen LogP contribution in [0.5, 0.6) is 0 Å². The highest BCUT2D eigenvalue weighted by Crippen LogP contribution is 2.20. The molecule has 1 aromatic heterocycles. The Balaban J connectivity index is 0.00000288. The van der Waals surface area contributed by atoms with Crippen LogP contribution in [0.2, 0.25) is 0 Å². The fourth-order valence-electron chi connectivity index (χ4n) is 2.92. The van der Waals surface area contributed by atoms with Crippen LogP contribution in [0.4, 0.5) is 0 Å². The molecule has 8 heteroatoms. The summed E-state index contributed by atoms with van der Waals surface area (Å²) >= 11 is 0. The number of nitrogens with one attached hydrogen (secondary N) is 2. The molecule has 136 valence electrons. The molecule has 1 fully saturated rings. The van der Waals surface area contributed by atoms with Gasteiger partial charge in [0.2, 0.25) is 5.91 Å². The SMILES string of the molecule is CN=C(NCCCn1cccn1)N1CCC(CC(=O)NC)CC1.I. The molecule has 1 saturated heterocycles. The smallest absolute Gasteiger partial charge is 0.220 e. The lowest BCUT2D eigenvalue weighted by molar-refractivity contribution is -0.121. The predicted molar refractivity (Wildman–Crippen MR) is 107 cm³/mol. The Morgan fingerprint density at radius 1 is 1.38 bits per heavy atom. The largest absolute Gasteiger partial charge is 0.359 e. The maximum absolute atomic E-state index is 11.5. The van der Waals surface area contributed by atoms with Gasteiger partial charge in [0, 0.05) is 59.1 Å². The first-order valence-electron chi connectivity index (χ1n) is 8.36.